The Morgan fingerprint density at radius 1 is 1.50 bits per heavy atom. The third-order valence-electron chi connectivity index (χ3n) is 2.76. The maximum atomic E-state index is 5.80. The maximum absolute atomic E-state index is 5.80. The van der Waals surface area contributed by atoms with Crippen LogP contribution in [0.15, 0.2) is 18.3 Å². The lowest BCUT2D eigenvalue weighted by molar-refractivity contribution is 0.746. The van der Waals surface area contributed by atoms with E-state index in [0.29, 0.717) is 12.5 Å². The predicted octanol–water partition coefficient (Wildman–Crippen LogP) is 2.46. The van der Waals surface area contributed by atoms with Crippen LogP contribution in [-0.4, -0.2) is 23.1 Å². The number of rotatable bonds is 6. The summed E-state index contributed by atoms with van der Waals surface area (Å²) in [4.78, 5) is 11.2. The Labute approximate surface area is 110 Å². The van der Waals surface area contributed by atoms with Crippen molar-refractivity contribution in [3.63, 3.8) is 0 Å². The summed E-state index contributed by atoms with van der Waals surface area (Å²) >= 11 is 0. The van der Waals surface area contributed by atoms with E-state index in [1.807, 2.05) is 13.1 Å². The molecule has 0 fully saturated rings. The average molecular weight is 248 g/mol. The molecule has 0 saturated carbocycles. The topological polar surface area (TPSA) is 55.0 Å². The lowest BCUT2D eigenvalue weighted by atomic mass is 10.2. The molecule has 0 aliphatic heterocycles. The number of aromatic nitrogens is 2. The van der Waals surface area contributed by atoms with Crippen molar-refractivity contribution in [1.82, 2.24) is 9.97 Å². The normalized spacial score (nSPS) is 10.8. The Kier molecular flexibility index (Phi) is 5.28. The Balaban J connectivity index is 3.10. The number of hydrogen-bond acceptors (Lipinski definition) is 4. The lowest BCUT2D eigenvalue weighted by Gasteiger charge is -2.25. The van der Waals surface area contributed by atoms with Gasteiger partial charge in [0.2, 0.25) is 0 Å². The van der Waals surface area contributed by atoms with Crippen LogP contribution in [0, 0.1) is 0 Å². The van der Waals surface area contributed by atoms with Crippen LogP contribution >= 0.6 is 0 Å². The van der Waals surface area contributed by atoms with Crippen molar-refractivity contribution >= 4 is 5.69 Å². The van der Waals surface area contributed by atoms with Gasteiger partial charge in [-0.05, 0) is 13.8 Å². The molecule has 4 nitrogen and oxygen atoms in total. The zero-order valence-electron chi connectivity index (χ0n) is 11.9. The molecular formula is C14H24N4. The number of nitrogens with two attached hydrogens (primary N) is 1. The molecule has 0 aliphatic rings. The van der Waals surface area contributed by atoms with Gasteiger partial charge in [0.05, 0.1) is 17.6 Å². The SMILES string of the molecule is C=C(C)CN(CC)c1cnc(C(C)C)nc1CN. The van der Waals surface area contributed by atoms with Gasteiger partial charge in [0.25, 0.3) is 0 Å². The summed E-state index contributed by atoms with van der Waals surface area (Å²) in [7, 11) is 0. The first-order chi connectivity index (χ1) is 8.49. The smallest absolute Gasteiger partial charge is 0.131 e. The highest BCUT2D eigenvalue weighted by Gasteiger charge is 2.13. The highest BCUT2D eigenvalue weighted by Crippen LogP contribution is 2.20. The summed E-state index contributed by atoms with van der Waals surface area (Å²) in [5, 5.41) is 0. The Hall–Kier alpha value is -1.42. The monoisotopic (exact) mass is 248 g/mol. The molecule has 1 aromatic heterocycles. The van der Waals surface area contributed by atoms with Crippen molar-refractivity contribution in [2.24, 2.45) is 5.73 Å². The molecule has 18 heavy (non-hydrogen) atoms. The number of likely N-dealkylation sites (N-methyl/N-ethyl adjacent to an activating group) is 1. The van der Waals surface area contributed by atoms with E-state index in [1.165, 1.54) is 0 Å². The fraction of sp³-hybridized carbons (Fsp3) is 0.571. The first-order valence-electron chi connectivity index (χ1n) is 6.44. The Morgan fingerprint density at radius 3 is 2.61 bits per heavy atom. The number of anilines is 1. The zero-order valence-corrected chi connectivity index (χ0v) is 11.9. The molecule has 100 valence electrons. The summed E-state index contributed by atoms with van der Waals surface area (Å²) in [5.74, 6) is 1.17. The van der Waals surface area contributed by atoms with E-state index >= 15 is 0 Å². The largest absolute Gasteiger partial charge is 0.365 e. The van der Waals surface area contributed by atoms with E-state index in [1.54, 1.807) is 0 Å². The van der Waals surface area contributed by atoms with E-state index in [2.05, 4.69) is 42.2 Å². The molecule has 0 bridgehead atoms. The zero-order chi connectivity index (χ0) is 13.7. The number of nitrogens with zero attached hydrogens (tertiary/aromatic N) is 3. The second-order valence-corrected chi connectivity index (χ2v) is 4.89. The minimum Gasteiger partial charge on any atom is -0.365 e. The molecule has 0 radical (unpaired) electrons. The van der Waals surface area contributed by atoms with Crippen molar-refractivity contribution in [3.05, 3.63) is 29.9 Å². The van der Waals surface area contributed by atoms with Gasteiger partial charge in [-0.15, -0.1) is 0 Å². The molecule has 4 heteroatoms. The van der Waals surface area contributed by atoms with E-state index in [4.69, 9.17) is 5.73 Å². The van der Waals surface area contributed by atoms with Crippen LogP contribution in [0.5, 0.6) is 0 Å². The fourth-order valence-electron chi connectivity index (χ4n) is 1.81. The average Bonchev–Trinajstić information content (AvgIpc) is 2.34. The van der Waals surface area contributed by atoms with Gasteiger partial charge in [-0.25, -0.2) is 9.97 Å². The Morgan fingerprint density at radius 2 is 2.17 bits per heavy atom. The molecular weight excluding hydrogens is 224 g/mol. The minimum absolute atomic E-state index is 0.320. The predicted molar refractivity (Wildman–Crippen MR) is 76.7 cm³/mol. The molecule has 0 spiro atoms. The third kappa shape index (κ3) is 3.53. The van der Waals surface area contributed by atoms with Gasteiger partial charge in [0.1, 0.15) is 5.82 Å². The third-order valence-corrected chi connectivity index (χ3v) is 2.76. The van der Waals surface area contributed by atoms with E-state index < -0.39 is 0 Å². The maximum Gasteiger partial charge on any atom is 0.131 e. The summed E-state index contributed by atoms with van der Waals surface area (Å²) < 4.78 is 0. The highest BCUT2D eigenvalue weighted by atomic mass is 15.1. The van der Waals surface area contributed by atoms with Gasteiger partial charge >= 0.3 is 0 Å². The van der Waals surface area contributed by atoms with Gasteiger partial charge < -0.3 is 10.6 Å². The van der Waals surface area contributed by atoms with Gasteiger partial charge in [-0.3, -0.25) is 0 Å². The number of hydrogen-bond donors (Lipinski definition) is 1. The highest BCUT2D eigenvalue weighted by molar-refractivity contribution is 5.50. The minimum atomic E-state index is 0.320. The molecule has 0 saturated heterocycles. The molecule has 1 heterocycles. The second-order valence-electron chi connectivity index (χ2n) is 4.89. The quantitative estimate of drug-likeness (QED) is 0.786. The summed E-state index contributed by atoms with van der Waals surface area (Å²) in [6.45, 7) is 14.4. The van der Waals surface area contributed by atoms with Gasteiger partial charge in [0.15, 0.2) is 0 Å². The molecule has 1 aromatic rings. The molecule has 0 aliphatic carbocycles. The standard InChI is InChI=1S/C14H24N4/c1-6-18(9-10(2)3)13-8-16-14(11(4)5)17-12(13)7-15/h8,11H,2,6-7,9,15H2,1,3-5H3. The van der Waals surface area contributed by atoms with Crippen LogP contribution in [-0.2, 0) is 6.54 Å². The van der Waals surface area contributed by atoms with E-state index in [0.717, 1.165) is 35.9 Å². The van der Waals surface area contributed by atoms with Crippen LogP contribution in [0.2, 0.25) is 0 Å². The van der Waals surface area contributed by atoms with Crippen molar-refractivity contribution < 1.29 is 0 Å². The summed E-state index contributed by atoms with van der Waals surface area (Å²) in [5.41, 5.74) is 8.86. The van der Waals surface area contributed by atoms with Crippen molar-refractivity contribution in [3.8, 4) is 0 Å². The van der Waals surface area contributed by atoms with Gasteiger partial charge in [-0.1, -0.05) is 26.0 Å². The molecule has 0 atom stereocenters. The Bertz CT molecular complexity index is 412. The molecule has 0 aromatic carbocycles. The van der Waals surface area contributed by atoms with Crippen LogP contribution in [0.1, 0.15) is 45.1 Å². The van der Waals surface area contributed by atoms with Crippen molar-refractivity contribution in [1.29, 1.82) is 0 Å². The van der Waals surface area contributed by atoms with Gasteiger partial charge in [0, 0.05) is 25.6 Å². The summed E-state index contributed by atoms with van der Waals surface area (Å²) in [6, 6.07) is 0. The lowest BCUT2D eigenvalue weighted by Crippen LogP contribution is -2.27. The first kappa shape index (κ1) is 14.6. The van der Waals surface area contributed by atoms with Crippen LogP contribution in [0.3, 0.4) is 0 Å². The molecule has 1 rings (SSSR count). The molecule has 2 N–H and O–H groups in total. The van der Waals surface area contributed by atoms with E-state index in [-0.39, 0.29) is 0 Å². The van der Waals surface area contributed by atoms with Crippen molar-refractivity contribution in [2.75, 3.05) is 18.0 Å². The second kappa shape index (κ2) is 6.50. The summed E-state index contributed by atoms with van der Waals surface area (Å²) in [6.07, 6.45) is 1.89. The fourth-order valence-corrected chi connectivity index (χ4v) is 1.81. The van der Waals surface area contributed by atoms with Crippen molar-refractivity contribution in [2.45, 2.75) is 40.2 Å². The van der Waals surface area contributed by atoms with Crippen LogP contribution in [0.4, 0.5) is 5.69 Å². The van der Waals surface area contributed by atoms with Crippen LogP contribution in [0.25, 0.3) is 0 Å². The van der Waals surface area contributed by atoms with Crippen LogP contribution < -0.4 is 10.6 Å². The van der Waals surface area contributed by atoms with E-state index in [9.17, 15) is 0 Å². The molecule has 0 amide bonds. The molecule has 0 unspecified atom stereocenters. The first-order valence-corrected chi connectivity index (χ1v) is 6.44. The van der Waals surface area contributed by atoms with Gasteiger partial charge in [-0.2, -0.15) is 0 Å².